The molecule has 33 heavy (non-hydrogen) atoms. The minimum absolute atomic E-state index is 0.0599. The Morgan fingerprint density at radius 1 is 1.12 bits per heavy atom. The highest BCUT2D eigenvalue weighted by atomic mass is 16.6. The molecule has 0 bridgehead atoms. The fourth-order valence-electron chi connectivity index (χ4n) is 3.70. The number of nitrogens with zero attached hydrogens (tertiary/aromatic N) is 2. The van der Waals surface area contributed by atoms with Crippen molar-refractivity contribution in [3.63, 3.8) is 0 Å². The second-order valence-electron chi connectivity index (χ2n) is 8.52. The SMILES string of the molecule is CCCCCCn1c(=O)c(OC)c(OCC=C(C)CCC=C(C)C)c2ccc([N+](=O)[O-])cc21. The molecule has 0 N–H and O–H groups in total. The molecular weight excluding hydrogens is 420 g/mol. The number of aromatic nitrogens is 1. The van der Waals surface area contributed by atoms with Crippen molar-refractivity contribution in [1.82, 2.24) is 4.57 Å². The third kappa shape index (κ3) is 7.20. The second-order valence-corrected chi connectivity index (χ2v) is 8.52. The Morgan fingerprint density at radius 2 is 1.88 bits per heavy atom. The van der Waals surface area contributed by atoms with Crippen LogP contribution in [0.4, 0.5) is 5.69 Å². The van der Waals surface area contributed by atoms with E-state index in [1.54, 1.807) is 10.6 Å². The maximum absolute atomic E-state index is 13.2. The van der Waals surface area contributed by atoms with Gasteiger partial charge in [0, 0.05) is 24.1 Å². The summed E-state index contributed by atoms with van der Waals surface area (Å²) in [5, 5.41) is 12.0. The molecule has 0 unspecified atom stereocenters. The van der Waals surface area contributed by atoms with Crippen LogP contribution in [0.2, 0.25) is 0 Å². The van der Waals surface area contributed by atoms with E-state index in [1.807, 2.05) is 6.08 Å². The Kier molecular flexibility index (Phi) is 10.2. The van der Waals surface area contributed by atoms with E-state index < -0.39 is 4.92 Å². The van der Waals surface area contributed by atoms with E-state index in [-0.39, 0.29) is 23.6 Å². The molecule has 0 aliphatic heterocycles. The molecule has 0 aliphatic carbocycles. The van der Waals surface area contributed by atoms with Crippen molar-refractivity contribution in [2.24, 2.45) is 0 Å². The predicted molar refractivity (Wildman–Crippen MR) is 133 cm³/mol. The van der Waals surface area contributed by atoms with Gasteiger partial charge in [0.05, 0.1) is 17.5 Å². The van der Waals surface area contributed by atoms with Gasteiger partial charge in [-0.3, -0.25) is 14.9 Å². The summed E-state index contributed by atoms with van der Waals surface area (Å²) in [6, 6.07) is 4.52. The topological polar surface area (TPSA) is 83.6 Å². The van der Waals surface area contributed by atoms with Crippen molar-refractivity contribution in [3.05, 3.63) is 62.0 Å². The van der Waals surface area contributed by atoms with E-state index in [9.17, 15) is 14.9 Å². The summed E-state index contributed by atoms with van der Waals surface area (Å²) >= 11 is 0. The summed E-state index contributed by atoms with van der Waals surface area (Å²) in [4.78, 5) is 24.2. The molecular formula is C26H36N2O5. The number of non-ortho nitro benzene ring substituents is 1. The van der Waals surface area contributed by atoms with Crippen molar-refractivity contribution < 1.29 is 14.4 Å². The van der Waals surface area contributed by atoms with Crippen LogP contribution < -0.4 is 15.0 Å². The summed E-state index contributed by atoms with van der Waals surface area (Å²) in [5.41, 5.74) is 2.58. The Morgan fingerprint density at radius 3 is 2.52 bits per heavy atom. The molecule has 0 atom stereocenters. The first-order chi connectivity index (χ1) is 15.8. The summed E-state index contributed by atoms with van der Waals surface area (Å²) in [5.74, 6) is 0.452. The lowest BCUT2D eigenvalue weighted by atomic mass is 10.1. The smallest absolute Gasteiger partial charge is 0.297 e. The molecule has 0 fully saturated rings. The minimum atomic E-state index is -0.450. The largest absolute Gasteiger partial charge is 0.488 e. The molecule has 0 saturated carbocycles. The van der Waals surface area contributed by atoms with Gasteiger partial charge in [0.2, 0.25) is 5.75 Å². The fourth-order valence-corrected chi connectivity index (χ4v) is 3.70. The minimum Gasteiger partial charge on any atom is -0.488 e. The Bertz CT molecular complexity index is 1080. The molecule has 180 valence electrons. The maximum atomic E-state index is 13.2. The molecule has 0 saturated heterocycles. The van der Waals surface area contributed by atoms with Gasteiger partial charge in [0.25, 0.3) is 11.2 Å². The van der Waals surface area contributed by atoms with Crippen molar-refractivity contribution in [1.29, 1.82) is 0 Å². The molecule has 1 aromatic carbocycles. The van der Waals surface area contributed by atoms with E-state index in [2.05, 4.69) is 33.8 Å². The number of unbranched alkanes of at least 4 members (excludes halogenated alkanes) is 3. The normalized spacial score (nSPS) is 11.5. The molecule has 0 spiro atoms. The van der Waals surface area contributed by atoms with Crippen LogP contribution in [0.5, 0.6) is 11.5 Å². The third-order valence-corrected chi connectivity index (χ3v) is 5.56. The monoisotopic (exact) mass is 456 g/mol. The number of ether oxygens (including phenoxy) is 2. The average molecular weight is 457 g/mol. The van der Waals surface area contributed by atoms with Gasteiger partial charge in [-0.1, -0.05) is 43.4 Å². The Hall–Kier alpha value is -3.09. The molecule has 2 rings (SSSR count). The molecule has 1 aromatic heterocycles. The molecule has 1 heterocycles. The van der Waals surface area contributed by atoms with Crippen molar-refractivity contribution in [2.75, 3.05) is 13.7 Å². The molecule has 0 radical (unpaired) electrons. The highest BCUT2D eigenvalue weighted by molar-refractivity contribution is 5.89. The number of hydrogen-bond donors (Lipinski definition) is 0. The van der Waals surface area contributed by atoms with Crippen LogP contribution in [-0.2, 0) is 6.54 Å². The van der Waals surface area contributed by atoms with Crippen LogP contribution in [0.25, 0.3) is 10.9 Å². The zero-order valence-electron chi connectivity index (χ0n) is 20.5. The number of pyridine rings is 1. The highest BCUT2D eigenvalue weighted by Gasteiger charge is 2.21. The lowest BCUT2D eigenvalue weighted by Gasteiger charge is -2.17. The lowest BCUT2D eigenvalue weighted by molar-refractivity contribution is -0.384. The van der Waals surface area contributed by atoms with Gasteiger partial charge >= 0.3 is 0 Å². The number of benzene rings is 1. The third-order valence-electron chi connectivity index (χ3n) is 5.56. The summed E-state index contributed by atoms with van der Waals surface area (Å²) in [6.45, 7) is 9.08. The van der Waals surface area contributed by atoms with Gasteiger partial charge in [-0.15, -0.1) is 0 Å². The number of rotatable bonds is 13. The molecule has 7 heteroatoms. The van der Waals surface area contributed by atoms with Gasteiger partial charge < -0.3 is 14.0 Å². The Labute approximate surface area is 195 Å². The van der Waals surface area contributed by atoms with Gasteiger partial charge in [-0.05, 0) is 52.2 Å². The van der Waals surface area contributed by atoms with Gasteiger partial charge in [0.1, 0.15) is 6.61 Å². The quantitative estimate of drug-likeness (QED) is 0.147. The lowest BCUT2D eigenvalue weighted by Crippen LogP contribution is -2.23. The van der Waals surface area contributed by atoms with Crippen LogP contribution in [0.1, 0.15) is 66.2 Å². The van der Waals surface area contributed by atoms with Gasteiger partial charge in [0.15, 0.2) is 5.75 Å². The number of hydrogen-bond acceptors (Lipinski definition) is 5. The van der Waals surface area contributed by atoms with E-state index in [0.29, 0.717) is 23.2 Å². The van der Waals surface area contributed by atoms with Crippen molar-refractivity contribution in [2.45, 2.75) is 72.8 Å². The zero-order valence-corrected chi connectivity index (χ0v) is 20.5. The van der Waals surface area contributed by atoms with Crippen molar-refractivity contribution in [3.8, 4) is 11.5 Å². The van der Waals surface area contributed by atoms with Crippen molar-refractivity contribution >= 4 is 16.6 Å². The molecule has 2 aromatic rings. The number of nitro groups is 1. The van der Waals surface area contributed by atoms with E-state index in [4.69, 9.17) is 9.47 Å². The first-order valence-electron chi connectivity index (χ1n) is 11.6. The van der Waals surface area contributed by atoms with E-state index in [1.165, 1.54) is 30.4 Å². The number of methoxy groups -OCH3 is 1. The molecule has 7 nitrogen and oxygen atoms in total. The standard InChI is InChI=1S/C26H36N2O5/c1-6-7-8-9-16-27-23-18-21(28(30)31)13-14-22(23)24(25(32-5)26(27)29)33-17-15-20(4)12-10-11-19(2)3/h11,13-15,18H,6-10,12,16-17H2,1-5H3. The summed E-state index contributed by atoms with van der Waals surface area (Å²) in [6.07, 6.45) is 10.0. The first kappa shape index (κ1) is 26.2. The zero-order chi connectivity index (χ0) is 24.4. The molecule has 0 amide bonds. The maximum Gasteiger partial charge on any atom is 0.297 e. The first-order valence-corrected chi connectivity index (χ1v) is 11.6. The summed E-state index contributed by atoms with van der Waals surface area (Å²) in [7, 11) is 1.45. The highest BCUT2D eigenvalue weighted by Crippen LogP contribution is 2.34. The average Bonchev–Trinajstić information content (AvgIpc) is 2.77. The van der Waals surface area contributed by atoms with Gasteiger partial charge in [-0.2, -0.15) is 0 Å². The van der Waals surface area contributed by atoms with E-state index in [0.717, 1.165) is 38.5 Å². The predicted octanol–water partition coefficient (Wildman–Crippen LogP) is 6.57. The fraction of sp³-hybridized carbons (Fsp3) is 0.500. The van der Waals surface area contributed by atoms with E-state index >= 15 is 0 Å². The Balaban J connectivity index is 2.43. The van der Waals surface area contributed by atoms with Crippen LogP contribution in [-0.4, -0.2) is 23.2 Å². The number of fused-ring (bicyclic) bond motifs is 1. The van der Waals surface area contributed by atoms with Crippen LogP contribution >= 0.6 is 0 Å². The molecule has 0 aliphatic rings. The number of nitro benzene ring substituents is 1. The number of allylic oxidation sites excluding steroid dienone is 3. The number of aryl methyl sites for hydroxylation is 1. The van der Waals surface area contributed by atoms with Crippen LogP contribution in [0, 0.1) is 10.1 Å². The van der Waals surface area contributed by atoms with Crippen LogP contribution in [0.3, 0.4) is 0 Å². The summed E-state index contributed by atoms with van der Waals surface area (Å²) < 4.78 is 13.1. The van der Waals surface area contributed by atoms with Gasteiger partial charge in [-0.25, -0.2) is 0 Å². The second kappa shape index (κ2) is 12.8. The van der Waals surface area contributed by atoms with Crippen LogP contribution in [0.15, 0.2) is 46.3 Å².